The third-order valence-electron chi connectivity index (χ3n) is 6.02. The minimum atomic E-state index is -1.85. The van der Waals surface area contributed by atoms with Crippen LogP contribution in [0.15, 0.2) is 54.6 Å². The van der Waals surface area contributed by atoms with Gasteiger partial charge in [0.1, 0.15) is 48.3 Å². The molecule has 5 atom stereocenters. The molecule has 1 heterocycles. The van der Waals surface area contributed by atoms with E-state index in [2.05, 4.69) is 5.32 Å². The maximum absolute atomic E-state index is 13.8. The Labute approximate surface area is 225 Å². The second kappa shape index (κ2) is 12.6. The number of carbonyl (C=O) groups excluding carboxylic acids is 2. The maximum Gasteiger partial charge on any atom is 0.253 e. The third kappa shape index (κ3) is 7.82. The summed E-state index contributed by atoms with van der Waals surface area (Å²) in [5.41, 5.74) is 0.203. The third-order valence-corrected chi connectivity index (χ3v) is 6.02. The van der Waals surface area contributed by atoms with Crippen LogP contribution >= 0.6 is 0 Å². The monoisotopic (exact) mass is 548 g/mol. The summed E-state index contributed by atoms with van der Waals surface area (Å²) in [6.45, 7) is 5.12. The van der Waals surface area contributed by atoms with Gasteiger partial charge in [0.15, 0.2) is 6.10 Å². The van der Waals surface area contributed by atoms with Gasteiger partial charge in [-0.1, -0.05) is 45.1 Å². The molecule has 0 aromatic heterocycles. The summed E-state index contributed by atoms with van der Waals surface area (Å²) in [6, 6.07) is 8.16. The van der Waals surface area contributed by atoms with E-state index in [0.717, 1.165) is 19.2 Å². The zero-order valence-electron chi connectivity index (χ0n) is 22.2. The van der Waals surface area contributed by atoms with Gasteiger partial charge < -0.3 is 35.0 Å². The molecule has 2 aromatic carbocycles. The number of ether oxygens (including phenoxy) is 2. The largest absolute Gasteiger partial charge is 0.489 e. The minimum absolute atomic E-state index is 0.174. The molecule has 212 valence electrons. The van der Waals surface area contributed by atoms with Crippen molar-refractivity contribution in [2.24, 2.45) is 5.41 Å². The highest BCUT2D eigenvalue weighted by Gasteiger charge is 2.39. The van der Waals surface area contributed by atoms with Gasteiger partial charge in [0, 0.05) is 13.2 Å². The van der Waals surface area contributed by atoms with E-state index in [1.54, 1.807) is 30.3 Å². The number of allylic oxidation sites excluding steroid dienone is 1. The van der Waals surface area contributed by atoms with Crippen molar-refractivity contribution in [1.29, 1.82) is 0 Å². The van der Waals surface area contributed by atoms with Crippen molar-refractivity contribution in [3.05, 3.63) is 71.8 Å². The van der Waals surface area contributed by atoms with Crippen molar-refractivity contribution in [1.82, 2.24) is 5.32 Å². The Kier molecular flexibility index (Phi) is 9.78. The van der Waals surface area contributed by atoms with Gasteiger partial charge in [0.25, 0.3) is 11.8 Å². The molecule has 1 unspecified atom stereocenters. The molecule has 0 saturated carbocycles. The first kappa shape index (κ1) is 30.2. The lowest BCUT2D eigenvalue weighted by Gasteiger charge is -2.29. The lowest BCUT2D eigenvalue weighted by Crippen LogP contribution is -2.57. The molecule has 2 amide bonds. The molecule has 1 aliphatic heterocycles. The molecule has 39 heavy (non-hydrogen) atoms. The zero-order valence-corrected chi connectivity index (χ0v) is 22.2. The van der Waals surface area contributed by atoms with Crippen molar-refractivity contribution in [3.63, 3.8) is 0 Å². The molecule has 1 aliphatic rings. The number of aliphatic hydroxyl groups excluding tert-OH is 3. The predicted octanol–water partition coefficient (Wildman–Crippen LogP) is 2.08. The van der Waals surface area contributed by atoms with E-state index >= 15 is 0 Å². The second-order valence-corrected chi connectivity index (χ2v) is 10.4. The summed E-state index contributed by atoms with van der Waals surface area (Å²) in [5.74, 6) is -2.89. The standard InChI is InChI=1S/C28H34F2N2O7/c1-28(2,3)10-9-21(33)23(34)24(35)25(38-4)26(36)31-19-15-39-22-8-6-5-7-20(22)32(27(19)37)14-16-11-17(29)13-18(30)12-16/h5-13,19,21,23-25,33-35H,14-15H2,1-4H3,(H,31,36)/t19?,21-,23+,24-,25-/m1/s1. The van der Waals surface area contributed by atoms with Gasteiger partial charge in [-0.15, -0.1) is 0 Å². The van der Waals surface area contributed by atoms with E-state index in [0.29, 0.717) is 17.5 Å². The Morgan fingerprint density at radius 3 is 2.41 bits per heavy atom. The lowest BCUT2D eigenvalue weighted by molar-refractivity contribution is -0.150. The highest BCUT2D eigenvalue weighted by molar-refractivity contribution is 6.01. The molecule has 11 heteroatoms. The Morgan fingerprint density at radius 2 is 1.79 bits per heavy atom. The second-order valence-electron chi connectivity index (χ2n) is 10.4. The number of amides is 2. The number of nitrogens with zero attached hydrogens (tertiary/aromatic N) is 1. The fourth-order valence-electron chi connectivity index (χ4n) is 4.04. The molecular weight excluding hydrogens is 514 g/mol. The number of halogens is 2. The van der Waals surface area contributed by atoms with Crippen LogP contribution in [0, 0.1) is 17.0 Å². The number of fused-ring (bicyclic) bond motifs is 1. The van der Waals surface area contributed by atoms with Gasteiger partial charge in [-0.3, -0.25) is 9.59 Å². The molecule has 0 fully saturated rings. The molecule has 9 nitrogen and oxygen atoms in total. The molecule has 3 rings (SSSR count). The summed E-state index contributed by atoms with van der Waals surface area (Å²) in [6.07, 6.45) is -3.81. The van der Waals surface area contributed by atoms with Gasteiger partial charge in [-0.25, -0.2) is 8.78 Å². The van der Waals surface area contributed by atoms with Crippen LogP contribution in [-0.2, 0) is 20.9 Å². The van der Waals surface area contributed by atoms with E-state index < -0.39 is 53.9 Å². The Hall–Kier alpha value is -3.38. The van der Waals surface area contributed by atoms with Gasteiger partial charge in [-0.2, -0.15) is 0 Å². The van der Waals surface area contributed by atoms with Crippen LogP contribution in [0.3, 0.4) is 0 Å². The van der Waals surface area contributed by atoms with E-state index in [4.69, 9.17) is 9.47 Å². The molecule has 4 N–H and O–H groups in total. The van der Waals surface area contributed by atoms with Crippen LogP contribution in [0.2, 0.25) is 0 Å². The zero-order chi connectivity index (χ0) is 28.9. The first-order valence-electron chi connectivity index (χ1n) is 12.4. The van der Waals surface area contributed by atoms with Crippen molar-refractivity contribution in [2.45, 2.75) is 57.8 Å². The van der Waals surface area contributed by atoms with Crippen LogP contribution in [0.4, 0.5) is 14.5 Å². The maximum atomic E-state index is 13.8. The Bertz CT molecular complexity index is 1180. The topological polar surface area (TPSA) is 129 Å². The number of rotatable bonds is 9. The van der Waals surface area contributed by atoms with E-state index in [1.807, 2.05) is 20.8 Å². The quantitative estimate of drug-likeness (QED) is 0.353. The summed E-state index contributed by atoms with van der Waals surface area (Å²) in [4.78, 5) is 27.9. The van der Waals surface area contributed by atoms with Crippen molar-refractivity contribution >= 4 is 17.5 Å². The Morgan fingerprint density at radius 1 is 1.15 bits per heavy atom. The SMILES string of the molecule is CO[C@@H](C(=O)NC1COc2ccccc2N(Cc2cc(F)cc(F)c2)C1=O)[C@H](O)[C@@H](O)[C@H](O)C=CC(C)(C)C. The number of nitrogens with one attached hydrogen (secondary N) is 1. The van der Waals surface area contributed by atoms with Gasteiger partial charge >= 0.3 is 0 Å². The molecule has 0 spiro atoms. The van der Waals surface area contributed by atoms with Crippen LogP contribution < -0.4 is 15.0 Å². The van der Waals surface area contributed by atoms with Crippen molar-refractivity contribution < 1.29 is 43.2 Å². The van der Waals surface area contributed by atoms with Gasteiger partial charge in [0.2, 0.25) is 0 Å². The number of hydrogen-bond donors (Lipinski definition) is 4. The average molecular weight is 549 g/mol. The Balaban J connectivity index is 1.81. The molecule has 2 aromatic rings. The van der Waals surface area contributed by atoms with Crippen LogP contribution in [0.1, 0.15) is 26.3 Å². The fourth-order valence-corrected chi connectivity index (χ4v) is 4.04. The van der Waals surface area contributed by atoms with E-state index in [-0.39, 0.29) is 24.1 Å². The van der Waals surface area contributed by atoms with Crippen LogP contribution in [0.25, 0.3) is 0 Å². The smallest absolute Gasteiger partial charge is 0.253 e. The number of aliphatic hydroxyl groups is 3. The van der Waals surface area contributed by atoms with E-state index in [9.17, 15) is 33.7 Å². The van der Waals surface area contributed by atoms with E-state index in [1.165, 1.54) is 11.0 Å². The van der Waals surface area contributed by atoms with Crippen LogP contribution in [-0.4, -0.2) is 71.3 Å². The first-order chi connectivity index (χ1) is 18.3. The van der Waals surface area contributed by atoms with Crippen molar-refractivity contribution in [2.75, 3.05) is 18.6 Å². The van der Waals surface area contributed by atoms with Crippen molar-refractivity contribution in [3.8, 4) is 5.75 Å². The molecule has 0 bridgehead atoms. The molecule has 0 saturated heterocycles. The molecule has 0 radical (unpaired) electrons. The minimum Gasteiger partial charge on any atom is -0.489 e. The normalized spacial score (nSPS) is 19.1. The summed E-state index contributed by atoms with van der Waals surface area (Å²) in [7, 11) is 1.13. The highest BCUT2D eigenvalue weighted by atomic mass is 19.1. The number of para-hydroxylation sites is 2. The highest BCUT2D eigenvalue weighted by Crippen LogP contribution is 2.32. The van der Waals surface area contributed by atoms with Crippen LogP contribution in [0.5, 0.6) is 5.75 Å². The predicted molar refractivity (Wildman–Crippen MR) is 139 cm³/mol. The first-order valence-corrected chi connectivity index (χ1v) is 12.4. The number of methoxy groups -OCH3 is 1. The molecule has 0 aliphatic carbocycles. The number of anilines is 1. The average Bonchev–Trinajstić information content (AvgIpc) is 2.98. The fraction of sp³-hybridized carbons (Fsp3) is 0.429. The number of benzene rings is 2. The van der Waals surface area contributed by atoms with Gasteiger partial charge in [0.05, 0.1) is 12.2 Å². The molecular formula is C28H34F2N2O7. The summed E-state index contributed by atoms with van der Waals surface area (Å²) >= 11 is 0. The number of hydrogen-bond acceptors (Lipinski definition) is 7. The lowest BCUT2D eigenvalue weighted by atomic mass is 9.94. The summed E-state index contributed by atoms with van der Waals surface area (Å²) < 4.78 is 38.5. The van der Waals surface area contributed by atoms with Gasteiger partial charge in [-0.05, 0) is 35.2 Å². The summed E-state index contributed by atoms with van der Waals surface area (Å²) in [5, 5.41) is 33.8. The number of carbonyl (C=O) groups is 2.